The van der Waals surface area contributed by atoms with Crippen molar-refractivity contribution in [3.05, 3.63) is 124 Å². The van der Waals surface area contributed by atoms with Gasteiger partial charge in [-0.2, -0.15) is 0 Å². The summed E-state index contributed by atoms with van der Waals surface area (Å²) in [5.74, 6) is 0.872. The van der Waals surface area contributed by atoms with Crippen molar-refractivity contribution in [3.63, 3.8) is 0 Å². The molecule has 33 heavy (non-hydrogen) atoms. The molecule has 2 aromatic heterocycles. The van der Waals surface area contributed by atoms with Gasteiger partial charge in [0, 0.05) is 29.5 Å². The third-order valence-corrected chi connectivity index (χ3v) is 5.24. The Bertz CT molecular complexity index is 1390. The fraction of sp³-hybridized carbons (Fsp3) is 0. The number of hydrogen-bond donors (Lipinski definition) is 0. The number of amides is 1. The van der Waals surface area contributed by atoms with Crippen molar-refractivity contribution in [2.24, 2.45) is 0 Å². The second-order valence-electron chi connectivity index (χ2n) is 7.35. The summed E-state index contributed by atoms with van der Waals surface area (Å²) in [6, 6.07) is 22.9. The Labute approximate surface area is 189 Å². The molecule has 0 unspecified atom stereocenters. The van der Waals surface area contributed by atoms with Crippen molar-refractivity contribution in [3.8, 4) is 11.3 Å². The van der Waals surface area contributed by atoms with Crippen LogP contribution in [0, 0.1) is 10.1 Å². The maximum absolute atomic E-state index is 13.3. The van der Waals surface area contributed by atoms with Gasteiger partial charge in [0.05, 0.1) is 22.5 Å². The largest absolute Gasteiger partial charge is 0.457 e. The number of nitro groups is 1. The molecule has 0 saturated heterocycles. The smallest absolute Gasteiger partial charge is 0.269 e. The molecule has 0 aliphatic carbocycles. The molecule has 2 aromatic carbocycles. The Morgan fingerprint density at radius 1 is 0.909 bits per heavy atom. The number of rotatable bonds is 5. The third-order valence-electron chi connectivity index (χ3n) is 5.24. The fourth-order valence-electron chi connectivity index (χ4n) is 3.67. The average molecular weight is 435 g/mol. The minimum Gasteiger partial charge on any atom is -0.457 e. The fourth-order valence-corrected chi connectivity index (χ4v) is 3.67. The van der Waals surface area contributed by atoms with Crippen LogP contribution in [0.25, 0.3) is 23.1 Å². The van der Waals surface area contributed by atoms with Crippen molar-refractivity contribution >= 4 is 29.1 Å². The van der Waals surface area contributed by atoms with Crippen LogP contribution in [0.2, 0.25) is 0 Å². The van der Waals surface area contributed by atoms with E-state index in [1.54, 1.807) is 53.7 Å². The first-order valence-corrected chi connectivity index (χ1v) is 10.2. The van der Waals surface area contributed by atoms with Crippen LogP contribution in [0.3, 0.4) is 0 Å². The topological polar surface area (TPSA) is 89.5 Å². The van der Waals surface area contributed by atoms with E-state index in [1.165, 1.54) is 12.1 Å². The lowest BCUT2D eigenvalue weighted by molar-refractivity contribution is -0.384. The lowest BCUT2D eigenvalue weighted by Gasteiger charge is -2.20. The van der Waals surface area contributed by atoms with E-state index in [0.717, 1.165) is 11.3 Å². The molecule has 1 amide bonds. The van der Waals surface area contributed by atoms with E-state index in [2.05, 4.69) is 4.98 Å². The Morgan fingerprint density at radius 3 is 2.39 bits per heavy atom. The first-order chi connectivity index (χ1) is 16.1. The van der Waals surface area contributed by atoms with Gasteiger partial charge in [-0.05, 0) is 54.1 Å². The third kappa shape index (κ3) is 3.95. The van der Waals surface area contributed by atoms with E-state index in [0.29, 0.717) is 28.3 Å². The first kappa shape index (κ1) is 20.1. The molecule has 0 fully saturated rings. The zero-order valence-corrected chi connectivity index (χ0v) is 17.3. The van der Waals surface area contributed by atoms with Gasteiger partial charge in [0.25, 0.3) is 11.6 Å². The maximum Gasteiger partial charge on any atom is 0.269 e. The number of benzene rings is 2. The Hall–Kier alpha value is -4.78. The first-order valence-electron chi connectivity index (χ1n) is 10.2. The normalized spacial score (nSPS) is 14.5. The summed E-state index contributed by atoms with van der Waals surface area (Å²) >= 11 is 0. The average Bonchev–Trinajstić information content (AvgIpc) is 3.45. The highest BCUT2D eigenvalue weighted by Gasteiger charge is 2.30. The molecule has 1 aliphatic heterocycles. The predicted octanol–water partition coefficient (Wildman–Crippen LogP) is 5.72. The zero-order chi connectivity index (χ0) is 22.8. The van der Waals surface area contributed by atoms with Gasteiger partial charge in [-0.3, -0.25) is 24.8 Å². The summed E-state index contributed by atoms with van der Waals surface area (Å²) in [4.78, 5) is 29.5. The summed E-state index contributed by atoms with van der Waals surface area (Å²) in [5, 5.41) is 10.9. The molecule has 1 aliphatic rings. The van der Waals surface area contributed by atoms with E-state index in [1.807, 2.05) is 42.5 Å². The monoisotopic (exact) mass is 435 g/mol. The predicted molar refractivity (Wildman–Crippen MR) is 125 cm³/mol. The van der Waals surface area contributed by atoms with Crippen molar-refractivity contribution in [2.75, 3.05) is 4.90 Å². The van der Waals surface area contributed by atoms with Crippen molar-refractivity contribution in [1.29, 1.82) is 0 Å². The van der Waals surface area contributed by atoms with Gasteiger partial charge in [0.15, 0.2) is 0 Å². The number of aromatic nitrogens is 1. The van der Waals surface area contributed by atoms with Crippen LogP contribution >= 0.6 is 0 Å². The minimum absolute atomic E-state index is 0.0123. The summed E-state index contributed by atoms with van der Waals surface area (Å²) in [6.07, 6.45) is 6.84. The summed E-state index contributed by atoms with van der Waals surface area (Å²) in [6.45, 7) is 0. The second kappa shape index (κ2) is 8.39. The maximum atomic E-state index is 13.3. The number of nitro benzene ring substituents is 1. The quantitative estimate of drug-likeness (QED) is 0.227. The molecule has 0 radical (unpaired) electrons. The van der Waals surface area contributed by atoms with Crippen LogP contribution in [0.5, 0.6) is 0 Å². The molecule has 0 spiro atoms. The van der Waals surface area contributed by atoms with Gasteiger partial charge >= 0.3 is 0 Å². The van der Waals surface area contributed by atoms with Crippen LogP contribution in [0.1, 0.15) is 11.3 Å². The number of nitrogens with zero attached hydrogens (tertiary/aromatic N) is 3. The molecule has 3 heterocycles. The lowest BCUT2D eigenvalue weighted by Crippen LogP contribution is -2.25. The number of carbonyl (C=O) groups is 1. The summed E-state index contributed by atoms with van der Waals surface area (Å²) < 4.78 is 5.90. The van der Waals surface area contributed by atoms with E-state index >= 15 is 0 Å². The summed E-state index contributed by atoms with van der Waals surface area (Å²) in [7, 11) is 0. The highest BCUT2D eigenvalue weighted by Crippen LogP contribution is 2.35. The van der Waals surface area contributed by atoms with Crippen LogP contribution in [0.15, 0.2) is 107 Å². The van der Waals surface area contributed by atoms with Gasteiger partial charge in [-0.1, -0.05) is 30.3 Å². The highest BCUT2D eigenvalue weighted by molar-refractivity contribution is 6.22. The number of hydrogen-bond acceptors (Lipinski definition) is 5. The van der Waals surface area contributed by atoms with Crippen LogP contribution in [-0.4, -0.2) is 15.8 Å². The zero-order valence-electron chi connectivity index (χ0n) is 17.3. The lowest BCUT2D eigenvalue weighted by atomic mass is 10.1. The molecule has 0 N–H and O–H groups in total. The summed E-state index contributed by atoms with van der Waals surface area (Å²) in [5.41, 5.74) is 3.53. The molecular formula is C26H17N3O4. The molecule has 4 aromatic rings. The van der Waals surface area contributed by atoms with Crippen molar-refractivity contribution in [1.82, 2.24) is 4.98 Å². The molecule has 0 bridgehead atoms. The van der Waals surface area contributed by atoms with Crippen molar-refractivity contribution < 1.29 is 14.1 Å². The van der Waals surface area contributed by atoms with Crippen LogP contribution < -0.4 is 4.90 Å². The van der Waals surface area contributed by atoms with Gasteiger partial charge in [-0.15, -0.1) is 0 Å². The van der Waals surface area contributed by atoms with E-state index in [-0.39, 0.29) is 11.6 Å². The number of anilines is 1. The number of pyridine rings is 1. The highest BCUT2D eigenvalue weighted by atomic mass is 16.6. The minimum atomic E-state index is -0.446. The van der Waals surface area contributed by atoms with Gasteiger partial charge < -0.3 is 4.42 Å². The number of non-ortho nitro benzene ring substituents is 1. The van der Waals surface area contributed by atoms with Gasteiger partial charge in [-0.25, -0.2) is 0 Å². The van der Waals surface area contributed by atoms with E-state index < -0.39 is 4.92 Å². The number of carbonyl (C=O) groups excluding carboxylic acids is 1. The second-order valence-corrected chi connectivity index (χ2v) is 7.35. The van der Waals surface area contributed by atoms with Gasteiger partial charge in [0.1, 0.15) is 11.5 Å². The van der Waals surface area contributed by atoms with Crippen molar-refractivity contribution in [2.45, 2.75) is 0 Å². The van der Waals surface area contributed by atoms with E-state index in [4.69, 9.17) is 4.42 Å². The van der Waals surface area contributed by atoms with Crippen LogP contribution in [0.4, 0.5) is 11.4 Å². The molecule has 0 atom stereocenters. The number of furan rings is 1. The van der Waals surface area contributed by atoms with Gasteiger partial charge in [0.2, 0.25) is 0 Å². The Morgan fingerprint density at radius 2 is 1.70 bits per heavy atom. The molecule has 7 nitrogen and oxygen atoms in total. The van der Waals surface area contributed by atoms with Crippen LogP contribution in [-0.2, 0) is 4.79 Å². The molecule has 5 rings (SSSR count). The Balaban J connectivity index is 1.50. The SMILES string of the molecule is O=C1/C(=C\c2ccc(-c3ccc([N+](=O)[O-])cc3)o2)C=C(c2ccccc2)N1c1cccnc1. The molecule has 0 saturated carbocycles. The molecule has 160 valence electrons. The molecular weight excluding hydrogens is 418 g/mol. The standard InChI is InChI=1S/C26H17N3O4/c30-26-20(15-23-12-13-25(33-23)19-8-10-21(11-9-19)29(31)32)16-24(18-5-2-1-3-6-18)28(26)22-7-4-14-27-17-22/h1-17H/b20-15-. The van der Waals surface area contributed by atoms with E-state index in [9.17, 15) is 14.9 Å². The Kier molecular flexibility index (Phi) is 5.12. The molecule has 7 heteroatoms.